The predicted molar refractivity (Wildman–Crippen MR) is 115 cm³/mol. The van der Waals surface area contributed by atoms with Gasteiger partial charge in [-0.3, -0.25) is 9.59 Å². The highest BCUT2D eigenvalue weighted by Gasteiger charge is 2.14. The molecule has 30 heavy (non-hydrogen) atoms. The molecule has 1 atom stereocenters. The highest BCUT2D eigenvalue weighted by Crippen LogP contribution is 2.19. The number of methoxy groups -OCH3 is 1. The normalized spacial score (nSPS) is 11.6. The van der Waals surface area contributed by atoms with Crippen LogP contribution in [0.5, 0.6) is 11.5 Å². The molecule has 3 aromatic rings. The molecule has 0 radical (unpaired) electrons. The van der Waals surface area contributed by atoms with Gasteiger partial charge < -0.3 is 14.8 Å². The van der Waals surface area contributed by atoms with Gasteiger partial charge in [-0.2, -0.15) is 5.10 Å². The lowest BCUT2D eigenvalue weighted by molar-refractivity contribution is -0.127. The Morgan fingerprint density at radius 2 is 1.73 bits per heavy atom. The van der Waals surface area contributed by atoms with Crippen molar-refractivity contribution in [2.45, 2.75) is 19.6 Å². The van der Waals surface area contributed by atoms with Crippen molar-refractivity contribution in [1.82, 2.24) is 15.1 Å². The van der Waals surface area contributed by atoms with Gasteiger partial charge in [0, 0.05) is 23.2 Å². The number of carbonyl (C=O) groups is 1. The van der Waals surface area contributed by atoms with Gasteiger partial charge in [-0.25, -0.2) is 4.68 Å². The highest BCUT2D eigenvalue weighted by molar-refractivity contribution is 6.30. The second-order valence-electron chi connectivity index (χ2n) is 6.51. The molecule has 1 unspecified atom stereocenters. The van der Waals surface area contributed by atoms with E-state index in [9.17, 15) is 9.59 Å². The molecule has 0 aliphatic carbocycles. The fourth-order valence-electron chi connectivity index (χ4n) is 2.72. The van der Waals surface area contributed by atoms with Gasteiger partial charge in [-0.1, -0.05) is 23.7 Å². The molecule has 3 rings (SSSR count). The molecule has 1 N–H and O–H groups in total. The van der Waals surface area contributed by atoms with Crippen LogP contribution < -0.4 is 20.3 Å². The number of nitrogens with one attached hydrogen (secondary N) is 1. The molecule has 0 fully saturated rings. The minimum absolute atomic E-state index is 0.237. The van der Waals surface area contributed by atoms with E-state index in [0.717, 1.165) is 5.56 Å². The van der Waals surface area contributed by atoms with E-state index in [2.05, 4.69) is 10.4 Å². The maximum absolute atomic E-state index is 12.3. The molecule has 0 saturated heterocycles. The molecule has 8 heteroatoms. The Morgan fingerprint density at radius 1 is 1.07 bits per heavy atom. The number of halogens is 1. The van der Waals surface area contributed by atoms with Gasteiger partial charge in [0.2, 0.25) is 0 Å². The quantitative estimate of drug-likeness (QED) is 0.597. The number of aromatic nitrogens is 2. The minimum atomic E-state index is -0.691. The van der Waals surface area contributed by atoms with Crippen LogP contribution in [0.2, 0.25) is 5.02 Å². The van der Waals surface area contributed by atoms with Gasteiger partial charge in [-0.15, -0.1) is 0 Å². The van der Waals surface area contributed by atoms with Crippen LogP contribution in [0, 0.1) is 0 Å². The molecule has 0 aliphatic rings. The summed E-state index contributed by atoms with van der Waals surface area (Å²) in [7, 11) is 1.58. The Labute approximate surface area is 179 Å². The summed E-state index contributed by atoms with van der Waals surface area (Å²) in [5, 5.41) is 7.75. The summed E-state index contributed by atoms with van der Waals surface area (Å²) in [5.41, 5.74) is 1.25. The largest absolute Gasteiger partial charge is 0.497 e. The molecule has 0 bridgehead atoms. The molecular formula is C22H22ClN3O4. The van der Waals surface area contributed by atoms with Crippen LogP contribution in [0.4, 0.5) is 0 Å². The molecule has 1 aromatic heterocycles. The van der Waals surface area contributed by atoms with Crippen molar-refractivity contribution in [1.29, 1.82) is 0 Å². The number of ether oxygens (including phenoxy) is 2. The van der Waals surface area contributed by atoms with Crippen LogP contribution in [-0.2, 0) is 11.3 Å². The predicted octanol–water partition coefficient (Wildman–Crippen LogP) is 3.16. The number of hydrogen-bond acceptors (Lipinski definition) is 5. The van der Waals surface area contributed by atoms with Crippen LogP contribution in [0.25, 0.3) is 11.3 Å². The highest BCUT2D eigenvalue weighted by atomic mass is 35.5. The summed E-state index contributed by atoms with van der Waals surface area (Å²) < 4.78 is 12.0. The standard InChI is InChI=1S/C22H22ClN3O4/c1-15(30-19-9-7-18(29-2)8-10-19)22(28)24-13-14-26-21(27)12-11-20(25-26)16-3-5-17(23)6-4-16/h3-12,15H,13-14H2,1-2H3,(H,24,28). The first-order valence-electron chi connectivity index (χ1n) is 9.39. The van der Waals surface area contributed by atoms with Crippen molar-refractivity contribution in [2.24, 2.45) is 0 Å². The monoisotopic (exact) mass is 427 g/mol. The molecule has 0 spiro atoms. The fourth-order valence-corrected chi connectivity index (χ4v) is 2.85. The number of carbonyl (C=O) groups excluding carboxylic acids is 1. The molecular weight excluding hydrogens is 406 g/mol. The summed E-state index contributed by atoms with van der Waals surface area (Å²) in [4.78, 5) is 24.4. The lowest BCUT2D eigenvalue weighted by atomic mass is 10.1. The van der Waals surface area contributed by atoms with Gasteiger partial charge in [0.1, 0.15) is 11.5 Å². The summed E-state index contributed by atoms with van der Waals surface area (Å²) in [6.45, 7) is 2.14. The van der Waals surface area contributed by atoms with E-state index in [1.54, 1.807) is 56.5 Å². The molecule has 1 amide bonds. The van der Waals surface area contributed by atoms with Crippen molar-refractivity contribution in [3.63, 3.8) is 0 Å². The summed E-state index contributed by atoms with van der Waals surface area (Å²) in [6.07, 6.45) is -0.691. The third-order valence-corrected chi connectivity index (χ3v) is 4.62. The van der Waals surface area contributed by atoms with Crippen LogP contribution in [0.3, 0.4) is 0 Å². The Balaban J connectivity index is 1.56. The van der Waals surface area contributed by atoms with Gasteiger partial charge in [0.25, 0.3) is 11.5 Å². The maximum Gasteiger partial charge on any atom is 0.266 e. The van der Waals surface area contributed by atoms with Gasteiger partial charge in [-0.05, 0) is 49.4 Å². The first-order valence-corrected chi connectivity index (χ1v) is 9.76. The third-order valence-electron chi connectivity index (χ3n) is 4.37. The number of hydrogen-bond donors (Lipinski definition) is 1. The second-order valence-corrected chi connectivity index (χ2v) is 6.95. The van der Waals surface area contributed by atoms with Gasteiger partial charge in [0.15, 0.2) is 6.10 Å². The molecule has 1 heterocycles. The van der Waals surface area contributed by atoms with Crippen molar-refractivity contribution in [3.05, 3.63) is 76.0 Å². The van der Waals surface area contributed by atoms with E-state index in [4.69, 9.17) is 21.1 Å². The fraction of sp³-hybridized carbons (Fsp3) is 0.227. The molecule has 0 saturated carbocycles. The number of amides is 1. The van der Waals surface area contributed by atoms with Crippen molar-refractivity contribution < 1.29 is 14.3 Å². The summed E-state index contributed by atoms with van der Waals surface area (Å²) in [6, 6.07) is 17.3. The van der Waals surface area contributed by atoms with Crippen molar-refractivity contribution in [2.75, 3.05) is 13.7 Å². The topological polar surface area (TPSA) is 82.4 Å². The van der Waals surface area contributed by atoms with Crippen molar-refractivity contribution >= 4 is 17.5 Å². The van der Waals surface area contributed by atoms with E-state index in [1.165, 1.54) is 10.7 Å². The Kier molecular flexibility index (Phi) is 7.08. The van der Waals surface area contributed by atoms with Crippen LogP contribution in [0.1, 0.15) is 6.92 Å². The van der Waals surface area contributed by atoms with Crippen molar-refractivity contribution in [3.8, 4) is 22.8 Å². The average Bonchev–Trinajstić information content (AvgIpc) is 2.76. The first kappa shape index (κ1) is 21.4. The Bertz CT molecular complexity index is 1050. The van der Waals surface area contributed by atoms with E-state index >= 15 is 0 Å². The third kappa shape index (κ3) is 5.61. The number of rotatable bonds is 8. The maximum atomic E-state index is 12.3. The lowest BCUT2D eigenvalue weighted by Gasteiger charge is -2.15. The number of benzene rings is 2. The smallest absolute Gasteiger partial charge is 0.266 e. The van der Waals surface area contributed by atoms with Crippen LogP contribution in [0.15, 0.2) is 65.5 Å². The zero-order chi connectivity index (χ0) is 21.5. The second kappa shape index (κ2) is 9.93. The van der Waals surface area contributed by atoms with Crippen LogP contribution in [-0.4, -0.2) is 35.4 Å². The van der Waals surface area contributed by atoms with E-state index in [-0.39, 0.29) is 24.6 Å². The number of nitrogens with zero attached hydrogens (tertiary/aromatic N) is 2. The SMILES string of the molecule is COc1ccc(OC(C)C(=O)NCCn2nc(-c3ccc(Cl)cc3)ccc2=O)cc1. The molecule has 0 aliphatic heterocycles. The molecule has 2 aromatic carbocycles. The molecule has 7 nitrogen and oxygen atoms in total. The summed E-state index contributed by atoms with van der Waals surface area (Å²) >= 11 is 5.91. The zero-order valence-electron chi connectivity index (χ0n) is 16.7. The van der Waals surface area contributed by atoms with Gasteiger partial charge in [0.05, 0.1) is 19.3 Å². The Hall–Kier alpha value is -3.32. The Morgan fingerprint density at radius 3 is 2.40 bits per heavy atom. The van der Waals surface area contributed by atoms with E-state index in [0.29, 0.717) is 22.2 Å². The van der Waals surface area contributed by atoms with Crippen LogP contribution >= 0.6 is 11.6 Å². The summed E-state index contributed by atoms with van der Waals surface area (Å²) in [5.74, 6) is 0.984. The molecule has 156 valence electrons. The average molecular weight is 428 g/mol. The minimum Gasteiger partial charge on any atom is -0.497 e. The lowest BCUT2D eigenvalue weighted by Crippen LogP contribution is -2.39. The van der Waals surface area contributed by atoms with E-state index < -0.39 is 6.10 Å². The van der Waals surface area contributed by atoms with E-state index in [1.807, 2.05) is 12.1 Å². The first-order chi connectivity index (χ1) is 14.5. The van der Waals surface area contributed by atoms with Gasteiger partial charge >= 0.3 is 0 Å². The zero-order valence-corrected chi connectivity index (χ0v) is 17.4.